The van der Waals surface area contributed by atoms with Gasteiger partial charge in [-0.25, -0.2) is 0 Å². The second-order valence-corrected chi connectivity index (χ2v) is 3.65. The molecule has 16 heavy (non-hydrogen) atoms. The first-order valence-corrected chi connectivity index (χ1v) is 5.63. The van der Waals surface area contributed by atoms with Crippen molar-refractivity contribution in [3.05, 3.63) is 29.8 Å². The van der Waals surface area contributed by atoms with Crippen molar-refractivity contribution < 1.29 is 14.6 Å². The van der Waals surface area contributed by atoms with Gasteiger partial charge in [-0.05, 0) is 19.1 Å². The Hall–Kier alpha value is -1.51. The Morgan fingerprint density at radius 3 is 2.31 bits per heavy atom. The fourth-order valence-corrected chi connectivity index (χ4v) is 1.35. The Kier molecular flexibility index (Phi) is 4.35. The molecular weight excluding hydrogens is 204 g/mol. The van der Waals surface area contributed by atoms with Crippen molar-refractivity contribution in [1.29, 1.82) is 0 Å². The third kappa shape index (κ3) is 3.26. The predicted molar refractivity (Wildman–Crippen MR) is 62.7 cm³/mol. The van der Waals surface area contributed by atoms with Crippen LogP contribution in [0.1, 0.15) is 25.8 Å². The fraction of sp³-hybridized carbons (Fsp3) is 0.462. The average Bonchev–Trinajstić information content (AvgIpc) is 3.04. The zero-order valence-electron chi connectivity index (χ0n) is 9.93. The van der Waals surface area contributed by atoms with Gasteiger partial charge in [0.15, 0.2) is 0 Å². The van der Waals surface area contributed by atoms with Gasteiger partial charge in [-0.3, -0.25) is 4.79 Å². The second kappa shape index (κ2) is 5.54. The third-order valence-corrected chi connectivity index (χ3v) is 2.36. The highest BCUT2D eigenvalue weighted by Crippen LogP contribution is 2.34. The van der Waals surface area contributed by atoms with Crippen LogP contribution in [-0.2, 0) is 4.79 Å². The smallest absolute Gasteiger partial charge is 0.310 e. The van der Waals surface area contributed by atoms with E-state index < -0.39 is 5.97 Å². The number of hydrogen-bond acceptors (Lipinski definition) is 2. The van der Waals surface area contributed by atoms with Crippen LogP contribution in [0, 0.1) is 12.8 Å². The molecule has 3 nitrogen and oxygen atoms in total. The lowest BCUT2D eigenvalue weighted by atomic mass is 10.2. The predicted octanol–water partition coefficient (Wildman–Crippen LogP) is 2.87. The lowest BCUT2D eigenvalue weighted by molar-refractivity contribution is -0.139. The highest BCUT2D eigenvalue weighted by molar-refractivity contribution is 5.74. The first kappa shape index (κ1) is 12.6. The molecule has 0 aromatic heterocycles. The number of benzene rings is 1. The monoisotopic (exact) mass is 222 g/mol. The summed E-state index contributed by atoms with van der Waals surface area (Å²) in [6, 6.07) is 7.64. The van der Waals surface area contributed by atoms with Crippen LogP contribution in [-0.4, -0.2) is 17.2 Å². The summed E-state index contributed by atoms with van der Waals surface area (Å²) in [5.74, 6) is -0.317. The minimum Gasteiger partial charge on any atom is -0.490 e. The third-order valence-electron chi connectivity index (χ3n) is 2.36. The lowest BCUT2D eigenvalue weighted by Crippen LogP contribution is -2.07. The van der Waals surface area contributed by atoms with Crippen LogP contribution < -0.4 is 4.74 Å². The lowest BCUT2D eigenvalue weighted by Gasteiger charge is -2.04. The molecule has 0 aliphatic heterocycles. The molecule has 1 fully saturated rings. The Labute approximate surface area is 96.1 Å². The second-order valence-electron chi connectivity index (χ2n) is 3.65. The van der Waals surface area contributed by atoms with E-state index in [4.69, 9.17) is 9.84 Å². The molecule has 1 aromatic carbocycles. The Morgan fingerprint density at radius 2 is 1.88 bits per heavy atom. The van der Waals surface area contributed by atoms with Crippen molar-refractivity contribution in [1.82, 2.24) is 0 Å². The van der Waals surface area contributed by atoms with Crippen LogP contribution in [0.3, 0.4) is 0 Å². The van der Waals surface area contributed by atoms with Gasteiger partial charge in [0.2, 0.25) is 0 Å². The van der Waals surface area contributed by atoms with Crippen molar-refractivity contribution in [3.8, 4) is 5.75 Å². The SMILES string of the molecule is CC.Cc1ccc(OC2CC2C(=O)O)cc1. The molecule has 0 amide bonds. The van der Waals surface area contributed by atoms with Crippen LogP contribution >= 0.6 is 0 Å². The Balaban J connectivity index is 0.000000606. The molecule has 2 atom stereocenters. The number of ether oxygens (including phenoxy) is 1. The zero-order valence-corrected chi connectivity index (χ0v) is 9.93. The van der Waals surface area contributed by atoms with Gasteiger partial charge in [-0.2, -0.15) is 0 Å². The minimum absolute atomic E-state index is 0.129. The van der Waals surface area contributed by atoms with Gasteiger partial charge < -0.3 is 9.84 Å². The summed E-state index contributed by atoms with van der Waals surface area (Å²) in [5.41, 5.74) is 1.17. The first-order valence-electron chi connectivity index (χ1n) is 5.63. The van der Waals surface area contributed by atoms with E-state index >= 15 is 0 Å². The minimum atomic E-state index is -0.762. The molecule has 1 saturated carbocycles. The fourth-order valence-electron chi connectivity index (χ4n) is 1.35. The number of aryl methyl sites for hydroxylation is 1. The maximum absolute atomic E-state index is 10.5. The van der Waals surface area contributed by atoms with Crippen LogP contribution in [0.5, 0.6) is 5.75 Å². The van der Waals surface area contributed by atoms with E-state index in [0.29, 0.717) is 6.42 Å². The number of rotatable bonds is 3. The van der Waals surface area contributed by atoms with Gasteiger partial charge in [0.25, 0.3) is 0 Å². The van der Waals surface area contributed by atoms with Gasteiger partial charge in [0.1, 0.15) is 11.9 Å². The topological polar surface area (TPSA) is 46.5 Å². The molecule has 0 bridgehead atoms. The van der Waals surface area contributed by atoms with E-state index in [-0.39, 0.29) is 12.0 Å². The molecule has 0 heterocycles. The zero-order chi connectivity index (χ0) is 12.1. The van der Waals surface area contributed by atoms with E-state index in [0.717, 1.165) is 5.75 Å². The largest absolute Gasteiger partial charge is 0.490 e. The number of carboxylic acids is 1. The molecular formula is C13H18O3. The summed E-state index contributed by atoms with van der Waals surface area (Å²) in [4.78, 5) is 10.5. The molecule has 2 unspecified atom stereocenters. The van der Waals surface area contributed by atoms with Crippen molar-refractivity contribution >= 4 is 5.97 Å². The van der Waals surface area contributed by atoms with Gasteiger partial charge in [0.05, 0.1) is 5.92 Å². The molecule has 3 heteroatoms. The number of carbonyl (C=O) groups is 1. The maximum atomic E-state index is 10.5. The van der Waals surface area contributed by atoms with Gasteiger partial charge in [-0.1, -0.05) is 31.5 Å². The van der Waals surface area contributed by atoms with E-state index in [9.17, 15) is 4.79 Å². The van der Waals surface area contributed by atoms with Gasteiger partial charge >= 0.3 is 5.97 Å². The van der Waals surface area contributed by atoms with Crippen molar-refractivity contribution in [2.24, 2.45) is 5.92 Å². The van der Waals surface area contributed by atoms with Crippen LogP contribution in [0.2, 0.25) is 0 Å². The molecule has 1 aliphatic rings. The van der Waals surface area contributed by atoms with Crippen molar-refractivity contribution in [2.75, 3.05) is 0 Å². The van der Waals surface area contributed by atoms with Crippen LogP contribution in [0.4, 0.5) is 0 Å². The number of carboxylic acid groups (broad SMARTS) is 1. The quantitative estimate of drug-likeness (QED) is 0.855. The molecule has 1 aromatic rings. The van der Waals surface area contributed by atoms with Crippen molar-refractivity contribution in [3.63, 3.8) is 0 Å². The number of aliphatic carboxylic acids is 1. The normalized spacial score (nSPS) is 21.7. The summed E-state index contributed by atoms with van der Waals surface area (Å²) in [7, 11) is 0. The Bertz CT molecular complexity index is 343. The summed E-state index contributed by atoms with van der Waals surface area (Å²) >= 11 is 0. The highest BCUT2D eigenvalue weighted by Gasteiger charge is 2.45. The standard InChI is InChI=1S/C11H12O3.C2H6/c1-7-2-4-8(5-3-7)14-10-6-9(10)11(12)13;1-2/h2-5,9-10H,6H2,1H3,(H,12,13);1-2H3. The molecule has 0 spiro atoms. The molecule has 2 rings (SSSR count). The summed E-state index contributed by atoms with van der Waals surface area (Å²) < 4.78 is 5.47. The van der Waals surface area contributed by atoms with E-state index in [2.05, 4.69) is 0 Å². The summed E-state index contributed by atoms with van der Waals surface area (Å²) in [6.45, 7) is 6.00. The molecule has 1 N–H and O–H groups in total. The Morgan fingerprint density at radius 1 is 1.31 bits per heavy atom. The van der Waals surface area contributed by atoms with E-state index in [1.54, 1.807) is 0 Å². The van der Waals surface area contributed by atoms with E-state index in [1.165, 1.54) is 5.56 Å². The number of hydrogen-bond donors (Lipinski definition) is 1. The molecule has 0 radical (unpaired) electrons. The van der Waals surface area contributed by atoms with Crippen molar-refractivity contribution in [2.45, 2.75) is 33.3 Å². The molecule has 0 saturated heterocycles. The first-order chi connectivity index (χ1) is 7.66. The van der Waals surface area contributed by atoms with Crippen LogP contribution in [0.25, 0.3) is 0 Å². The van der Waals surface area contributed by atoms with Gasteiger partial charge in [0, 0.05) is 6.42 Å². The average molecular weight is 222 g/mol. The highest BCUT2D eigenvalue weighted by atomic mass is 16.5. The van der Waals surface area contributed by atoms with E-state index in [1.807, 2.05) is 45.0 Å². The molecule has 1 aliphatic carbocycles. The summed E-state index contributed by atoms with van der Waals surface area (Å²) in [5, 5.41) is 8.67. The van der Waals surface area contributed by atoms with Gasteiger partial charge in [-0.15, -0.1) is 0 Å². The molecule has 88 valence electrons. The summed E-state index contributed by atoms with van der Waals surface area (Å²) in [6.07, 6.45) is 0.499. The maximum Gasteiger partial charge on any atom is 0.310 e. The van der Waals surface area contributed by atoms with Crippen LogP contribution in [0.15, 0.2) is 24.3 Å².